The van der Waals surface area contributed by atoms with Crippen LogP contribution in [0.4, 0.5) is 22.0 Å². The van der Waals surface area contributed by atoms with E-state index >= 15 is 0 Å². The Hall–Kier alpha value is -3.79. The molecule has 2 heterocycles. The van der Waals surface area contributed by atoms with Gasteiger partial charge in [0.15, 0.2) is 12.4 Å². The molecular weight excluding hydrogens is 401 g/mol. The van der Waals surface area contributed by atoms with Crippen molar-refractivity contribution in [3.05, 3.63) is 65.2 Å². The third-order valence-corrected chi connectivity index (χ3v) is 3.98. The lowest BCUT2D eigenvalue weighted by Crippen LogP contribution is -2.09. The summed E-state index contributed by atoms with van der Waals surface area (Å²) in [6.07, 6.45) is -0.0769. The molecule has 0 radical (unpaired) electrons. The van der Waals surface area contributed by atoms with Crippen LogP contribution in [0.5, 0.6) is 6.08 Å². The lowest BCUT2D eigenvalue weighted by Gasteiger charge is -2.07. The summed E-state index contributed by atoms with van der Waals surface area (Å²) in [7, 11) is 0. The number of aromatic nitrogens is 5. The Morgan fingerprint density at radius 1 is 1.03 bits per heavy atom. The minimum atomic E-state index is -0.351. The lowest BCUT2D eigenvalue weighted by molar-refractivity contribution is 0.190. The normalized spacial score (nSPS) is 10.7. The van der Waals surface area contributed by atoms with Crippen molar-refractivity contribution in [3.63, 3.8) is 0 Å². The van der Waals surface area contributed by atoms with Crippen LogP contribution in [0.2, 0.25) is 5.02 Å². The van der Waals surface area contributed by atoms with Crippen LogP contribution in [0, 0.1) is 5.82 Å². The van der Waals surface area contributed by atoms with Crippen LogP contribution >= 0.6 is 11.6 Å². The third-order valence-electron chi connectivity index (χ3n) is 3.65. The van der Waals surface area contributed by atoms with Gasteiger partial charge in [0.25, 0.3) is 0 Å². The number of nitrogen functional groups attached to an aromatic ring is 1. The van der Waals surface area contributed by atoms with Crippen molar-refractivity contribution in [2.75, 3.05) is 11.1 Å². The summed E-state index contributed by atoms with van der Waals surface area (Å²) in [6.45, 7) is -0.0883. The molecule has 0 atom stereocenters. The predicted molar refractivity (Wildman–Crippen MR) is 103 cm³/mol. The number of benzene rings is 2. The Labute approximate surface area is 168 Å². The highest BCUT2D eigenvalue weighted by atomic mass is 35.5. The summed E-state index contributed by atoms with van der Waals surface area (Å²) in [5, 5.41) is 7.24. The molecule has 0 aliphatic heterocycles. The number of ether oxygens (including phenoxy) is 1. The molecule has 4 rings (SSSR count). The van der Waals surface area contributed by atoms with Gasteiger partial charge in [-0.3, -0.25) is 4.52 Å². The van der Waals surface area contributed by atoms with E-state index in [1.807, 2.05) is 0 Å². The van der Waals surface area contributed by atoms with Gasteiger partial charge in [-0.2, -0.15) is 19.9 Å². The molecule has 4 aromatic rings. The zero-order chi connectivity index (χ0) is 20.2. The van der Waals surface area contributed by atoms with Crippen LogP contribution in [0.3, 0.4) is 0 Å². The highest BCUT2D eigenvalue weighted by Crippen LogP contribution is 2.26. The zero-order valence-electron chi connectivity index (χ0n) is 14.7. The molecule has 0 aliphatic rings. The second-order valence-corrected chi connectivity index (χ2v) is 6.12. The first-order valence-electron chi connectivity index (χ1n) is 8.31. The molecule has 0 fully saturated rings. The summed E-state index contributed by atoms with van der Waals surface area (Å²) >= 11 is 6.12. The van der Waals surface area contributed by atoms with E-state index in [-0.39, 0.29) is 36.2 Å². The standard InChI is InChI=1S/C18H13ClFN7O2/c19-13-4-2-1-3-12(13)15-25-18(29-27-15)28-9-14-23-16(21)26-17(24-14)22-11-7-5-10(20)6-8-11/h1-8H,9H2,(H3,21,22,23,24,26). The van der Waals surface area contributed by atoms with Crippen LogP contribution < -0.4 is 15.8 Å². The molecule has 0 amide bonds. The van der Waals surface area contributed by atoms with Gasteiger partial charge in [-0.05, 0) is 36.4 Å². The topological polar surface area (TPSA) is 125 Å². The van der Waals surface area contributed by atoms with Gasteiger partial charge in [-0.25, -0.2) is 4.39 Å². The van der Waals surface area contributed by atoms with E-state index in [9.17, 15) is 4.39 Å². The summed E-state index contributed by atoms with van der Waals surface area (Å²) in [5.41, 5.74) is 6.92. The van der Waals surface area contributed by atoms with Gasteiger partial charge in [-0.1, -0.05) is 28.9 Å². The maximum atomic E-state index is 13.0. The molecule has 0 spiro atoms. The number of hydrogen-bond acceptors (Lipinski definition) is 9. The molecule has 0 saturated carbocycles. The van der Waals surface area contributed by atoms with Crippen molar-refractivity contribution in [1.82, 2.24) is 25.1 Å². The maximum Gasteiger partial charge on any atom is 0.418 e. The highest BCUT2D eigenvalue weighted by molar-refractivity contribution is 6.33. The van der Waals surface area contributed by atoms with Crippen LogP contribution in [-0.2, 0) is 6.61 Å². The van der Waals surface area contributed by atoms with Gasteiger partial charge >= 0.3 is 6.08 Å². The first-order valence-corrected chi connectivity index (χ1v) is 8.69. The van der Waals surface area contributed by atoms with Crippen molar-refractivity contribution in [2.45, 2.75) is 6.61 Å². The van der Waals surface area contributed by atoms with Crippen molar-refractivity contribution in [3.8, 4) is 17.5 Å². The van der Waals surface area contributed by atoms with Gasteiger partial charge in [0, 0.05) is 11.3 Å². The molecule has 9 nitrogen and oxygen atoms in total. The van der Waals surface area contributed by atoms with Crippen LogP contribution in [0.25, 0.3) is 11.4 Å². The third kappa shape index (κ3) is 4.55. The minimum Gasteiger partial charge on any atom is -0.441 e. The van der Waals surface area contributed by atoms with Gasteiger partial charge in [0.1, 0.15) is 5.82 Å². The largest absolute Gasteiger partial charge is 0.441 e. The maximum absolute atomic E-state index is 13.0. The molecule has 146 valence electrons. The van der Waals surface area contributed by atoms with E-state index in [0.717, 1.165) is 0 Å². The number of anilines is 3. The number of nitrogens with one attached hydrogen (secondary N) is 1. The van der Waals surface area contributed by atoms with E-state index in [1.165, 1.54) is 12.1 Å². The molecule has 0 bridgehead atoms. The van der Waals surface area contributed by atoms with Gasteiger partial charge in [0.2, 0.25) is 17.7 Å². The molecule has 0 unspecified atom stereocenters. The van der Waals surface area contributed by atoms with E-state index in [0.29, 0.717) is 22.1 Å². The summed E-state index contributed by atoms with van der Waals surface area (Å²) in [5.74, 6) is 0.352. The second-order valence-electron chi connectivity index (χ2n) is 5.72. The summed E-state index contributed by atoms with van der Waals surface area (Å²) in [4.78, 5) is 16.3. The molecule has 0 saturated heterocycles. The van der Waals surface area contributed by atoms with Crippen molar-refractivity contribution in [2.24, 2.45) is 0 Å². The molecule has 3 N–H and O–H groups in total. The fourth-order valence-electron chi connectivity index (χ4n) is 2.37. The van der Waals surface area contributed by atoms with E-state index in [2.05, 4.69) is 30.4 Å². The number of nitrogens with two attached hydrogens (primary N) is 1. The Balaban J connectivity index is 1.45. The number of rotatable bonds is 6. The molecule has 2 aromatic carbocycles. The zero-order valence-corrected chi connectivity index (χ0v) is 15.5. The van der Waals surface area contributed by atoms with Crippen molar-refractivity contribution in [1.29, 1.82) is 0 Å². The fraction of sp³-hybridized carbons (Fsp3) is 0.0556. The smallest absolute Gasteiger partial charge is 0.418 e. The number of halogens is 2. The number of hydrogen-bond donors (Lipinski definition) is 2. The SMILES string of the molecule is Nc1nc(COc2nc(-c3ccccc3Cl)no2)nc(Nc2ccc(F)cc2)n1. The fourth-order valence-corrected chi connectivity index (χ4v) is 2.59. The summed E-state index contributed by atoms with van der Waals surface area (Å²) < 4.78 is 23.5. The average molecular weight is 414 g/mol. The number of nitrogens with zero attached hydrogens (tertiary/aromatic N) is 5. The highest BCUT2D eigenvalue weighted by Gasteiger charge is 2.13. The predicted octanol–water partition coefficient (Wildman–Crippen LogP) is 3.62. The summed E-state index contributed by atoms with van der Waals surface area (Å²) in [6, 6.07) is 12.8. The van der Waals surface area contributed by atoms with Crippen LogP contribution in [0.15, 0.2) is 53.1 Å². The van der Waals surface area contributed by atoms with Crippen molar-refractivity contribution >= 4 is 29.2 Å². The second kappa shape index (κ2) is 8.07. The Kier molecular flexibility index (Phi) is 5.16. The minimum absolute atomic E-state index is 0.00880. The Bertz CT molecular complexity index is 1140. The first-order chi connectivity index (χ1) is 14.1. The Morgan fingerprint density at radius 3 is 2.62 bits per heavy atom. The average Bonchev–Trinajstić information content (AvgIpc) is 3.17. The first kappa shape index (κ1) is 18.6. The molecule has 2 aromatic heterocycles. The van der Waals surface area contributed by atoms with E-state index < -0.39 is 0 Å². The van der Waals surface area contributed by atoms with Crippen LogP contribution in [-0.4, -0.2) is 25.1 Å². The van der Waals surface area contributed by atoms with Crippen LogP contribution in [0.1, 0.15) is 5.82 Å². The quantitative estimate of drug-likeness (QED) is 0.487. The molecule has 0 aliphatic carbocycles. The molecular formula is C18H13ClFN7O2. The monoisotopic (exact) mass is 413 g/mol. The van der Waals surface area contributed by atoms with Gasteiger partial charge in [-0.15, -0.1) is 0 Å². The van der Waals surface area contributed by atoms with Gasteiger partial charge in [0.05, 0.1) is 5.02 Å². The van der Waals surface area contributed by atoms with Gasteiger partial charge < -0.3 is 15.8 Å². The van der Waals surface area contributed by atoms with E-state index in [1.54, 1.807) is 36.4 Å². The Morgan fingerprint density at radius 2 is 1.83 bits per heavy atom. The molecule has 29 heavy (non-hydrogen) atoms. The van der Waals surface area contributed by atoms with Crippen molar-refractivity contribution < 1.29 is 13.7 Å². The molecule has 11 heteroatoms. The lowest BCUT2D eigenvalue weighted by atomic mass is 10.2. The van der Waals surface area contributed by atoms with E-state index in [4.69, 9.17) is 26.6 Å².